The summed E-state index contributed by atoms with van der Waals surface area (Å²) in [6, 6.07) is 1.67. The second kappa shape index (κ2) is 3.04. The predicted octanol–water partition coefficient (Wildman–Crippen LogP) is 0.914. The van der Waals surface area contributed by atoms with Gasteiger partial charge in [0.15, 0.2) is 0 Å². The normalized spacial score (nSPS) is 13.1. The largest absolute Gasteiger partial charge is 0.347 e. The number of aromatic nitrogens is 3. The van der Waals surface area contributed by atoms with E-state index in [4.69, 9.17) is 5.73 Å². The molecule has 12 heavy (non-hydrogen) atoms. The first-order valence-electron chi connectivity index (χ1n) is 3.53. The van der Waals surface area contributed by atoms with Gasteiger partial charge in [-0.25, -0.2) is 4.98 Å². The maximum Gasteiger partial charge on any atom is 0.129 e. The van der Waals surface area contributed by atoms with Gasteiger partial charge in [0.1, 0.15) is 11.9 Å². The number of hydrogen-bond acceptors (Lipinski definition) is 4. The number of nitrogens with two attached hydrogens (primary N) is 1. The highest BCUT2D eigenvalue weighted by Gasteiger charge is 2.11. The Kier molecular flexibility index (Phi) is 1.89. The third kappa shape index (κ3) is 1.24. The van der Waals surface area contributed by atoms with E-state index in [0.717, 1.165) is 11.5 Å². The molecule has 1 unspecified atom stereocenters. The van der Waals surface area contributed by atoms with Crippen LogP contribution in [0.25, 0.3) is 0 Å². The fourth-order valence-electron chi connectivity index (χ4n) is 0.970. The third-order valence-electron chi connectivity index (χ3n) is 1.59. The van der Waals surface area contributed by atoms with Gasteiger partial charge in [-0.2, -0.15) is 4.37 Å². The molecule has 2 rings (SSSR count). The molecule has 0 amide bonds. The fraction of sp³-hybridized carbons (Fsp3) is 0.143. The Labute approximate surface area is 73.6 Å². The van der Waals surface area contributed by atoms with Gasteiger partial charge in [0.05, 0.1) is 5.69 Å². The topological polar surface area (TPSA) is 67.6 Å². The van der Waals surface area contributed by atoms with E-state index in [9.17, 15) is 0 Å². The Hall–Kier alpha value is -1.20. The molecule has 2 heterocycles. The molecule has 3 N–H and O–H groups in total. The second-order valence-corrected chi connectivity index (χ2v) is 3.04. The van der Waals surface area contributed by atoms with Crippen LogP contribution in [0.3, 0.4) is 0 Å². The Bertz CT molecular complexity index is 292. The first-order valence-corrected chi connectivity index (χ1v) is 4.36. The van der Waals surface area contributed by atoms with Crippen LogP contribution in [0.5, 0.6) is 0 Å². The van der Waals surface area contributed by atoms with Crippen LogP contribution < -0.4 is 5.73 Å². The summed E-state index contributed by atoms with van der Waals surface area (Å²) in [6.45, 7) is 0. The molecule has 0 spiro atoms. The summed E-state index contributed by atoms with van der Waals surface area (Å²) in [5.41, 5.74) is 6.71. The van der Waals surface area contributed by atoms with Gasteiger partial charge in [-0.15, -0.1) is 0 Å². The van der Waals surface area contributed by atoms with Crippen molar-refractivity contribution in [3.05, 3.63) is 35.4 Å². The number of hydrogen-bond donors (Lipinski definition) is 2. The van der Waals surface area contributed by atoms with Crippen LogP contribution in [0.1, 0.15) is 17.6 Å². The van der Waals surface area contributed by atoms with E-state index in [0.29, 0.717) is 0 Å². The molecule has 0 aliphatic heterocycles. The van der Waals surface area contributed by atoms with Crippen molar-refractivity contribution in [2.24, 2.45) is 5.73 Å². The van der Waals surface area contributed by atoms with E-state index in [1.54, 1.807) is 12.4 Å². The molecular formula is C7H8N4S. The number of H-pyrrole nitrogens is 1. The summed E-state index contributed by atoms with van der Waals surface area (Å²) in [5, 5.41) is 1.90. The highest BCUT2D eigenvalue weighted by Crippen LogP contribution is 2.14. The van der Waals surface area contributed by atoms with E-state index in [1.807, 2.05) is 11.4 Å². The van der Waals surface area contributed by atoms with Crippen LogP contribution in [-0.4, -0.2) is 14.3 Å². The SMILES string of the molecule is NC(c1ccsn1)c1ncc[nH]1. The molecule has 5 heteroatoms. The first-order chi connectivity index (χ1) is 5.88. The van der Waals surface area contributed by atoms with Crippen molar-refractivity contribution in [2.45, 2.75) is 6.04 Å². The molecule has 1 atom stereocenters. The molecule has 4 nitrogen and oxygen atoms in total. The average Bonchev–Trinajstić information content (AvgIpc) is 2.77. The summed E-state index contributed by atoms with van der Waals surface area (Å²) in [6.07, 6.45) is 3.43. The highest BCUT2D eigenvalue weighted by atomic mass is 32.1. The molecule has 62 valence electrons. The number of rotatable bonds is 2. The third-order valence-corrected chi connectivity index (χ3v) is 2.16. The van der Waals surface area contributed by atoms with Gasteiger partial charge in [0.25, 0.3) is 0 Å². The highest BCUT2D eigenvalue weighted by molar-refractivity contribution is 7.03. The molecule has 0 radical (unpaired) electrons. The van der Waals surface area contributed by atoms with Gasteiger partial charge in [0.2, 0.25) is 0 Å². The Morgan fingerprint density at radius 1 is 1.58 bits per heavy atom. The smallest absolute Gasteiger partial charge is 0.129 e. The summed E-state index contributed by atoms with van der Waals surface area (Å²) < 4.78 is 4.13. The van der Waals surface area contributed by atoms with Gasteiger partial charge in [-0.05, 0) is 17.6 Å². The number of imidazole rings is 1. The lowest BCUT2D eigenvalue weighted by atomic mass is 10.2. The van der Waals surface area contributed by atoms with Crippen LogP contribution in [0.4, 0.5) is 0 Å². The van der Waals surface area contributed by atoms with Crippen molar-refractivity contribution < 1.29 is 0 Å². The summed E-state index contributed by atoms with van der Waals surface area (Å²) in [5.74, 6) is 0.751. The zero-order valence-electron chi connectivity index (χ0n) is 6.27. The molecule has 2 aromatic rings. The lowest BCUT2D eigenvalue weighted by molar-refractivity contribution is 0.782. The monoisotopic (exact) mass is 180 g/mol. The minimum Gasteiger partial charge on any atom is -0.347 e. The maximum absolute atomic E-state index is 5.86. The molecular weight excluding hydrogens is 172 g/mol. The zero-order valence-corrected chi connectivity index (χ0v) is 7.08. The lowest BCUT2D eigenvalue weighted by Gasteiger charge is -2.03. The van der Waals surface area contributed by atoms with Crippen molar-refractivity contribution in [3.63, 3.8) is 0 Å². The quantitative estimate of drug-likeness (QED) is 0.722. The minimum absolute atomic E-state index is 0.230. The second-order valence-electron chi connectivity index (χ2n) is 2.38. The molecule has 0 aliphatic carbocycles. The van der Waals surface area contributed by atoms with Crippen molar-refractivity contribution in [3.8, 4) is 0 Å². The van der Waals surface area contributed by atoms with Crippen LogP contribution >= 0.6 is 11.5 Å². The van der Waals surface area contributed by atoms with E-state index in [1.165, 1.54) is 11.5 Å². The van der Waals surface area contributed by atoms with Crippen molar-refractivity contribution >= 4 is 11.5 Å². The molecule has 0 saturated carbocycles. The van der Waals surface area contributed by atoms with Crippen molar-refractivity contribution in [1.29, 1.82) is 0 Å². The van der Waals surface area contributed by atoms with E-state index in [-0.39, 0.29) is 6.04 Å². The van der Waals surface area contributed by atoms with Gasteiger partial charge in [-0.1, -0.05) is 0 Å². The van der Waals surface area contributed by atoms with Gasteiger partial charge in [0, 0.05) is 17.8 Å². The van der Waals surface area contributed by atoms with E-state index < -0.39 is 0 Å². The number of nitrogens with one attached hydrogen (secondary N) is 1. The predicted molar refractivity (Wildman–Crippen MR) is 46.7 cm³/mol. The Morgan fingerprint density at radius 2 is 2.50 bits per heavy atom. The minimum atomic E-state index is -0.230. The molecule has 0 saturated heterocycles. The summed E-state index contributed by atoms with van der Waals surface area (Å²) in [4.78, 5) is 7.01. The maximum atomic E-state index is 5.86. The molecule has 0 aliphatic rings. The van der Waals surface area contributed by atoms with Crippen molar-refractivity contribution in [1.82, 2.24) is 14.3 Å². The summed E-state index contributed by atoms with van der Waals surface area (Å²) >= 11 is 1.39. The fourth-order valence-corrected chi connectivity index (χ4v) is 1.53. The van der Waals surface area contributed by atoms with Gasteiger partial charge < -0.3 is 10.7 Å². The average molecular weight is 180 g/mol. The Morgan fingerprint density at radius 3 is 3.08 bits per heavy atom. The number of aromatic amines is 1. The van der Waals surface area contributed by atoms with Gasteiger partial charge >= 0.3 is 0 Å². The molecule has 0 bridgehead atoms. The summed E-state index contributed by atoms with van der Waals surface area (Å²) in [7, 11) is 0. The van der Waals surface area contributed by atoms with E-state index in [2.05, 4.69) is 14.3 Å². The Balaban J connectivity index is 2.27. The first kappa shape index (κ1) is 7.45. The molecule has 0 fully saturated rings. The molecule has 2 aromatic heterocycles. The van der Waals surface area contributed by atoms with Gasteiger partial charge in [-0.3, -0.25) is 0 Å². The standard InChI is InChI=1S/C7H8N4S/c8-6(5-1-4-12-11-5)7-9-2-3-10-7/h1-4,6H,8H2,(H,9,10). The van der Waals surface area contributed by atoms with E-state index >= 15 is 0 Å². The van der Waals surface area contributed by atoms with Crippen LogP contribution in [0.15, 0.2) is 23.8 Å². The number of nitrogens with zero attached hydrogens (tertiary/aromatic N) is 2. The zero-order chi connectivity index (χ0) is 8.39. The lowest BCUT2D eigenvalue weighted by Crippen LogP contribution is -2.13. The molecule has 0 aromatic carbocycles. The van der Waals surface area contributed by atoms with Crippen LogP contribution in [-0.2, 0) is 0 Å². The van der Waals surface area contributed by atoms with Crippen molar-refractivity contribution in [2.75, 3.05) is 0 Å². The van der Waals surface area contributed by atoms with Crippen LogP contribution in [0, 0.1) is 0 Å². The van der Waals surface area contributed by atoms with Crippen LogP contribution in [0.2, 0.25) is 0 Å².